The zero-order valence-corrected chi connectivity index (χ0v) is 13.1. The molecule has 0 aliphatic heterocycles. The number of nitrogen functional groups attached to an aromatic ring is 1. The maximum Gasteiger partial charge on any atom is 0.190 e. The van der Waals surface area contributed by atoms with Gasteiger partial charge in [-0.15, -0.1) is 0 Å². The second-order valence-corrected chi connectivity index (χ2v) is 5.82. The molecule has 0 bridgehead atoms. The molecule has 21 heavy (non-hydrogen) atoms. The van der Waals surface area contributed by atoms with Gasteiger partial charge in [0.1, 0.15) is 5.82 Å². The van der Waals surface area contributed by atoms with Gasteiger partial charge in [-0.2, -0.15) is 0 Å². The third kappa shape index (κ3) is 4.56. The lowest BCUT2D eigenvalue weighted by atomic mass is 10.1. The Morgan fingerprint density at radius 3 is 2.57 bits per heavy atom. The molecule has 0 spiro atoms. The lowest BCUT2D eigenvalue weighted by Crippen LogP contribution is -2.04. The van der Waals surface area contributed by atoms with Crippen LogP contribution in [-0.2, 0) is 6.42 Å². The second-order valence-electron chi connectivity index (χ2n) is 4.88. The number of carbonyl (C=O) groups is 1. The van der Waals surface area contributed by atoms with Crippen LogP contribution in [0.5, 0.6) is 0 Å². The molecule has 4 nitrogen and oxygen atoms in total. The summed E-state index contributed by atoms with van der Waals surface area (Å²) in [6, 6.07) is 9.52. The van der Waals surface area contributed by atoms with Crippen molar-refractivity contribution in [1.29, 1.82) is 0 Å². The zero-order valence-electron chi connectivity index (χ0n) is 12.3. The summed E-state index contributed by atoms with van der Waals surface area (Å²) in [6.45, 7) is 4.00. The second kappa shape index (κ2) is 7.22. The molecule has 0 fully saturated rings. The smallest absolute Gasteiger partial charge is 0.190 e. The predicted molar refractivity (Wildman–Crippen MR) is 86.7 cm³/mol. The van der Waals surface area contributed by atoms with Gasteiger partial charge in [-0.05, 0) is 18.9 Å². The molecule has 0 amide bonds. The van der Waals surface area contributed by atoms with Crippen molar-refractivity contribution in [2.75, 3.05) is 11.5 Å². The van der Waals surface area contributed by atoms with Crippen LogP contribution in [0.15, 0.2) is 35.5 Å². The van der Waals surface area contributed by atoms with Crippen LogP contribution in [0.4, 0.5) is 5.82 Å². The van der Waals surface area contributed by atoms with Gasteiger partial charge >= 0.3 is 0 Å². The molecule has 0 saturated carbocycles. The minimum absolute atomic E-state index is 0.0757. The minimum Gasteiger partial charge on any atom is -0.384 e. The van der Waals surface area contributed by atoms with Gasteiger partial charge in [-0.3, -0.25) is 4.79 Å². The molecule has 2 rings (SSSR count). The van der Waals surface area contributed by atoms with E-state index in [1.165, 1.54) is 17.3 Å². The first kappa shape index (κ1) is 15.5. The van der Waals surface area contributed by atoms with Gasteiger partial charge < -0.3 is 5.73 Å². The van der Waals surface area contributed by atoms with Crippen LogP contribution in [0.1, 0.15) is 35.0 Å². The molecule has 5 heteroatoms. The van der Waals surface area contributed by atoms with Crippen LogP contribution in [0.2, 0.25) is 0 Å². The SMILES string of the molecule is CCCc1ccc(C(=O)CSc2nc(C)cc(N)n2)cc1. The maximum absolute atomic E-state index is 12.1. The molecular weight excluding hydrogens is 282 g/mol. The van der Waals surface area contributed by atoms with Crippen molar-refractivity contribution < 1.29 is 4.79 Å². The van der Waals surface area contributed by atoms with Crippen LogP contribution in [0.3, 0.4) is 0 Å². The summed E-state index contributed by atoms with van der Waals surface area (Å²) >= 11 is 1.31. The Balaban J connectivity index is 1.97. The van der Waals surface area contributed by atoms with Crippen molar-refractivity contribution in [3.05, 3.63) is 47.2 Å². The molecule has 1 aromatic heterocycles. The normalized spacial score (nSPS) is 10.6. The molecule has 2 N–H and O–H groups in total. The fraction of sp³-hybridized carbons (Fsp3) is 0.312. The topological polar surface area (TPSA) is 68.9 Å². The van der Waals surface area contributed by atoms with E-state index in [2.05, 4.69) is 16.9 Å². The third-order valence-corrected chi connectivity index (χ3v) is 3.85. The van der Waals surface area contributed by atoms with Gasteiger partial charge in [-0.25, -0.2) is 9.97 Å². The summed E-state index contributed by atoms with van der Waals surface area (Å²) < 4.78 is 0. The Bertz CT molecular complexity index is 606. The number of nitrogens with two attached hydrogens (primary N) is 1. The molecular formula is C16H19N3OS. The summed E-state index contributed by atoms with van der Waals surface area (Å²) in [6.07, 6.45) is 2.15. The molecule has 110 valence electrons. The molecule has 1 aromatic carbocycles. The summed E-state index contributed by atoms with van der Waals surface area (Å²) in [5.41, 5.74) is 8.47. The number of ketones is 1. The highest BCUT2D eigenvalue weighted by Crippen LogP contribution is 2.17. The highest BCUT2D eigenvalue weighted by molar-refractivity contribution is 7.99. The van der Waals surface area contributed by atoms with Gasteiger partial charge in [-0.1, -0.05) is 49.4 Å². The number of nitrogens with zero attached hydrogens (tertiary/aromatic N) is 2. The highest BCUT2D eigenvalue weighted by Gasteiger charge is 2.09. The number of carbonyl (C=O) groups excluding carboxylic acids is 1. The first-order valence-corrected chi connectivity index (χ1v) is 7.93. The number of anilines is 1. The van der Waals surface area contributed by atoms with Crippen LogP contribution in [-0.4, -0.2) is 21.5 Å². The fourth-order valence-corrected chi connectivity index (χ4v) is 2.79. The minimum atomic E-state index is 0.0757. The summed E-state index contributed by atoms with van der Waals surface area (Å²) in [4.78, 5) is 20.5. The Morgan fingerprint density at radius 2 is 1.95 bits per heavy atom. The van der Waals surface area contributed by atoms with E-state index in [0.29, 0.717) is 16.7 Å². The van der Waals surface area contributed by atoms with E-state index in [4.69, 9.17) is 5.73 Å². The number of hydrogen-bond acceptors (Lipinski definition) is 5. The fourth-order valence-electron chi connectivity index (χ4n) is 1.99. The van der Waals surface area contributed by atoms with Gasteiger partial charge in [0.15, 0.2) is 10.9 Å². The number of aromatic nitrogens is 2. The van der Waals surface area contributed by atoms with Crippen molar-refractivity contribution in [1.82, 2.24) is 9.97 Å². The average molecular weight is 301 g/mol. The van der Waals surface area contributed by atoms with E-state index in [1.54, 1.807) is 6.07 Å². The molecule has 2 aromatic rings. The Labute approximate surface area is 129 Å². The van der Waals surface area contributed by atoms with Gasteiger partial charge in [0.2, 0.25) is 0 Å². The first-order valence-electron chi connectivity index (χ1n) is 6.94. The Hall–Kier alpha value is -1.88. The van der Waals surface area contributed by atoms with Crippen molar-refractivity contribution in [2.24, 2.45) is 0 Å². The van der Waals surface area contributed by atoms with Crippen LogP contribution < -0.4 is 5.73 Å². The first-order chi connectivity index (χ1) is 10.1. The number of aryl methyl sites for hydroxylation is 2. The maximum atomic E-state index is 12.1. The molecule has 0 aliphatic rings. The number of rotatable bonds is 6. The van der Waals surface area contributed by atoms with Gasteiger partial charge in [0.05, 0.1) is 5.75 Å². The molecule has 0 saturated heterocycles. The zero-order chi connectivity index (χ0) is 15.2. The van der Waals surface area contributed by atoms with Crippen molar-refractivity contribution in [3.8, 4) is 0 Å². The molecule has 1 heterocycles. The summed E-state index contributed by atoms with van der Waals surface area (Å²) in [7, 11) is 0. The predicted octanol–water partition coefficient (Wildman–Crippen LogP) is 3.29. The summed E-state index contributed by atoms with van der Waals surface area (Å²) in [5.74, 6) is 0.823. The number of hydrogen-bond donors (Lipinski definition) is 1. The van der Waals surface area contributed by atoms with Crippen molar-refractivity contribution in [2.45, 2.75) is 31.8 Å². The van der Waals surface area contributed by atoms with Crippen LogP contribution >= 0.6 is 11.8 Å². The molecule has 0 radical (unpaired) electrons. The van der Waals surface area contributed by atoms with E-state index < -0.39 is 0 Å². The summed E-state index contributed by atoms with van der Waals surface area (Å²) in [5, 5.41) is 0.545. The van der Waals surface area contributed by atoms with Gasteiger partial charge in [0, 0.05) is 17.3 Å². The Kier molecular flexibility index (Phi) is 5.33. The lowest BCUT2D eigenvalue weighted by molar-refractivity contribution is 0.102. The standard InChI is InChI=1S/C16H19N3OS/c1-3-4-12-5-7-13(8-6-12)14(20)10-21-16-18-11(2)9-15(17)19-16/h5-9H,3-4,10H2,1-2H3,(H2,17,18,19). The van der Waals surface area contributed by atoms with E-state index in [0.717, 1.165) is 24.1 Å². The molecule has 0 atom stereocenters. The van der Waals surface area contributed by atoms with Crippen molar-refractivity contribution in [3.63, 3.8) is 0 Å². The monoisotopic (exact) mass is 301 g/mol. The lowest BCUT2D eigenvalue weighted by Gasteiger charge is -2.04. The largest absolute Gasteiger partial charge is 0.384 e. The molecule has 0 aliphatic carbocycles. The van der Waals surface area contributed by atoms with Gasteiger partial charge in [0.25, 0.3) is 0 Å². The third-order valence-electron chi connectivity index (χ3n) is 3.00. The van der Waals surface area contributed by atoms with Crippen molar-refractivity contribution >= 4 is 23.4 Å². The van der Waals surface area contributed by atoms with E-state index in [9.17, 15) is 4.79 Å². The number of Topliss-reactive ketones (excluding diaryl/α,β-unsaturated/α-hetero) is 1. The number of thioether (sulfide) groups is 1. The van der Waals surface area contributed by atoms with E-state index >= 15 is 0 Å². The molecule has 0 unspecified atom stereocenters. The van der Waals surface area contributed by atoms with E-state index in [1.807, 2.05) is 31.2 Å². The van der Waals surface area contributed by atoms with Crippen LogP contribution in [0, 0.1) is 6.92 Å². The number of benzene rings is 1. The van der Waals surface area contributed by atoms with E-state index in [-0.39, 0.29) is 5.78 Å². The quantitative estimate of drug-likeness (QED) is 0.503. The average Bonchev–Trinajstić information content (AvgIpc) is 2.45. The highest BCUT2D eigenvalue weighted by atomic mass is 32.2. The van der Waals surface area contributed by atoms with Crippen LogP contribution in [0.25, 0.3) is 0 Å². The Morgan fingerprint density at radius 1 is 1.24 bits per heavy atom.